The summed E-state index contributed by atoms with van der Waals surface area (Å²) >= 11 is 0. The minimum atomic E-state index is 0.0137. The first-order valence-electron chi connectivity index (χ1n) is 7.72. The summed E-state index contributed by atoms with van der Waals surface area (Å²) in [4.78, 5) is 14.3. The molecule has 1 aliphatic rings. The van der Waals surface area contributed by atoms with Gasteiger partial charge in [0, 0.05) is 18.6 Å². The van der Waals surface area contributed by atoms with Crippen molar-refractivity contribution in [2.24, 2.45) is 5.41 Å². The lowest BCUT2D eigenvalue weighted by molar-refractivity contribution is -0.130. The molecule has 1 heterocycles. The summed E-state index contributed by atoms with van der Waals surface area (Å²) < 4.78 is 0. The van der Waals surface area contributed by atoms with Crippen LogP contribution in [-0.4, -0.2) is 36.0 Å². The van der Waals surface area contributed by atoms with Crippen LogP contribution < -0.4 is 5.32 Å². The third kappa shape index (κ3) is 6.95. The minimum Gasteiger partial charge on any atom is -0.342 e. The lowest BCUT2D eigenvalue weighted by Gasteiger charge is -2.34. The molecule has 0 atom stereocenters. The normalized spacial score (nSPS) is 18.3. The average molecular weight is 268 g/mol. The number of hydrogen-bond donors (Lipinski definition) is 1. The molecule has 112 valence electrons. The molecule has 1 amide bonds. The largest absolute Gasteiger partial charge is 0.342 e. The summed E-state index contributed by atoms with van der Waals surface area (Å²) in [7, 11) is 0. The topological polar surface area (TPSA) is 32.3 Å². The van der Waals surface area contributed by atoms with Crippen LogP contribution in [0.5, 0.6) is 0 Å². The van der Waals surface area contributed by atoms with Crippen LogP contribution in [0.3, 0.4) is 0 Å². The third-order valence-corrected chi connectivity index (χ3v) is 3.65. The third-order valence-electron chi connectivity index (χ3n) is 3.65. The zero-order valence-electron chi connectivity index (χ0n) is 13.5. The van der Waals surface area contributed by atoms with Crippen LogP contribution in [0.1, 0.15) is 66.7 Å². The van der Waals surface area contributed by atoms with Gasteiger partial charge in [0.05, 0.1) is 6.54 Å². The maximum atomic E-state index is 12.2. The van der Waals surface area contributed by atoms with Crippen LogP contribution in [0.15, 0.2) is 0 Å². The van der Waals surface area contributed by atoms with E-state index in [-0.39, 0.29) is 16.9 Å². The Balaban J connectivity index is 2.39. The first-order chi connectivity index (χ1) is 8.70. The number of hydrogen-bond acceptors (Lipinski definition) is 2. The van der Waals surface area contributed by atoms with Gasteiger partial charge in [-0.2, -0.15) is 0 Å². The van der Waals surface area contributed by atoms with Gasteiger partial charge < -0.3 is 10.2 Å². The summed E-state index contributed by atoms with van der Waals surface area (Å²) in [6.45, 7) is 13.5. The molecule has 3 nitrogen and oxygen atoms in total. The molecule has 1 saturated heterocycles. The van der Waals surface area contributed by atoms with Crippen molar-refractivity contribution in [2.75, 3.05) is 19.6 Å². The summed E-state index contributed by atoms with van der Waals surface area (Å²) in [5.74, 6) is 0.267. The molecule has 0 spiro atoms. The molecule has 0 aromatic carbocycles. The SMILES string of the molecule is CC(C)(C)CC(C)(C)NCC(=O)N1CCCCCC1. The first-order valence-corrected chi connectivity index (χ1v) is 7.72. The highest BCUT2D eigenvalue weighted by Gasteiger charge is 2.26. The molecule has 1 aliphatic heterocycles. The van der Waals surface area contributed by atoms with Crippen molar-refractivity contribution in [1.82, 2.24) is 10.2 Å². The Morgan fingerprint density at radius 1 is 1.00 bits per heavy atom. The van der Waals surface area contributed by atoms with E-state index in [2.05, 4.69) is 39.9 Å². The summed E-state index contributed by atoms with van der Waals surface area (Å²) in [6.07, 6.45) is 5.93. The van der Waals surface area contributed by atoms with Crippen LogP contribution in [0, 0.1) is 5.41 Å². The van der Waals surface area contributed by atoms with Crippen LogP contribution >= 0.6 is 0 Å². The van der Waals surface area contributed by atoms with Crippen LogP contribution in [0.4, 0.5) is 0 Å². The van der Waals surface area contributed by atoms with Crippen LogP contribution in [0.2, 0.25) is 0 Å². The Morgan fingerprint density at radius 3 is 2.00 bits per heavy atom. The molecule has 19 heavy (non-hydrogen) atoms. The van der Waals surface area contributed by atoms with E-state index in [1.54, 1.807) is 0 Å². The van der Waals surface area contributed by atoms with Crippen molar-refractivity contribution in [3.05, 3.63) is 0 Å². The number of amides is 1. The van der Waals surface area contributed by atoms with Gasteiger partial charge in [-0.15, -0.1) is 0 Å². The van der Waals surface area contributed by atoms with E-state index in [1.807, 2.05) is 4.90 Å². The van der Waals surface area contributed by atoms with Crippen molar-refractivity contribution in [3.8, 4) is 0 Å². The number of likely N-dealkylation sites (tertiary alicyclic amines) is 1. The van der Waals surface area contributed by atoms with Crippen LogP contribution in [0.25, 0.3) is 0 Å². The number of carbonyl (C=O) groups is 1. The highest BCUT2D eigenvalue weighted by Crippen LogP contribution is 2.26. The van der Waals surface area contributed by atoms with Crippen molar-refractivity contribution in [3.63, 3.8) is 0 Å². The van der Waals surface area contributed by atoms with Gasteiger partial charge in [-0.25, -0.2) is 0 Å². The van der Waals surface area contributed by atoms with E-state index < -0.39 is 0 Å². The van der Waals surface area contributed by atoms with Crippen molar-refractivity contribution >= 4 is 5.91 Å². The smallest absolute Gasteiger partial charge is 0.236 e. The second-order valence-corrected chi connectivity index (χ2v) is 7.77. The highest BCUT2D eigenvalue weighted by atomic mass is 16.2. The van der Waals surface area contributed by atoms with E-state index in [9.17, 15) is 4.79 Å². The molecule has 0 unspecified atom stereocenters. The van der Waals surface area contributed by atoms with Gasteiger partial charge in [0.1, 0.15) is 0 Å². The monoisotopic (exact) mass is 268 g/mol. The second kappa shape index (κ2) is 6.74. The number of nitrogens with one attached hydrogen (secondary N) is 1. The Morgan fingerprint density at radius 2 is 1.53 bits per heavy atom. The predicted octanol–water partition coefficient (Wildman–Crippen LogP) is 3.19. The van der Waals surface area contributed by atoms with Crippen LogP contribution in [-0.2, 0) is 4.79 Å². The fourth-order valence-corrected chi connectivity index (χ4v) is 3.14. The summed E-state index contributed by atoms with van der Waals surface area (Å²) in [6, 6.07) is 0. The maximum Gasteiger partial charge on any atom is 0.236 e. The minimum absolute atomic E-state index is 0.0137. The molecule has 1 rings (SSSR count). The molecule has 0 radical (unpaired) electrons. The maximum absolute atomic E-state index is 12.2. The molecule has 0 saturated carbocycles. The standard InChI is InChI=1S/C16H32N2O/c1-15(2,3)13-16(4,5)17-12-14(19)18-10-8-6-7-9-11-18/h17H,6-13H2,1-5H3. The fourth-order valence-electron chi connectivity index (χ4n) is 3.14. The second-order valence-electron chi connectivity index (χ2n) is 7.77. The van der Waals surface area contributed by atoms with E-state index in [4.69, 9.17) is 0 Å². The molecule has 1 fully saturated rings. The van der Waals surface area contributed by atoms with Gasteiger partial charge >= 0.3 is 0 Å². The first kappa shape index (κ1) is 16.5. The van der Waals surface area contributed by atoms with Crippen molar-refractivity contribution in [1.29, 1.82) is 0 Å². The van der Waals surface area contributed by atoms with E-state index in [1.165, 1.54) is 12.8 Å². The lowest BCUT2D eigenvalue weighted by Crippen LogP contribution is -2.48. The summed E-state index contributed by atoms with van der Waals surface area (Å²) in [5.41, 5.74) is 0.294. The van der Waals surface area contributed by atoms with Gasteiger partial charge in [0.15, 0.2) is 0 Å². The zero-order chi connectivity index (χ0) is 14.5. The highest BCUT2D eigenvalue weighted by molar-refractivity contribution is 5.78. The van der Waals surface area contributed by atoms with Crippen molar-refractivity contribution < 1.29 is 4.79 Å². The van der Waals surface area contributed by atoms with Gasteiger partial charge in [0.25, 0.3) is 0 Å². The molecule has 1 N–H and O–H groups in total. The molecule has 0 aromatic heterocycles. The predicted molar refractivity (Wildman–Crippen MR) is 81.2 cm³/mol. The quantitative estimate of drug-likeness (QED) is 0.849. The Bertz CT molecular complexity index is 284. The Labute approximate surface area is 119 Å². The van der Waals surface area contributed by atoms with Crippen molar-refractivity contribution in [2.45, 2.75) is 72.3 Å². The molecule has 3 heteroatoms. The lowest BCUT2D eigenvalue weighted by atomic mass is 9.82. The molecule has 0 aromatic rings. The summed E-state index contributed by atoms with van der Waals surface area (Å²) in [5, 5.41) is 3.44. The Hall–Kier alpha value is -0.570. The van der Waals surface area contributed by atoms with Gasteiger partial charge in [-0.3, -0.25) is 4.79 Å². The number of rotatable bonds is 4. The molecule has 0 bridgehead atoms. The zero-order valence-corrected chi connectivity index (χ0v) is 13.5. The average Bonchev–Trinajstić information content (AvgIpc) is 2.51. The molecular formula is C16H32N2O. The van der Waals surface area contributed by atoms with Gasteiger partial charge in [-0.05, 0) is 38.5 Å². The van der Waals surface area contributed by atoms with E-state index >= 15 is 0 Å². The van der Waals surface area contributed by atoms with Gasteiger partial charge in [0.2, 0.25) is 5.91 Å². The Kier molecular flexibility index (Phi) is 5.84. The molecular weight excluding hydrogens is 236 g/mol. The van der Waals surface area contributed by atoms with E-state index in [0.717, 1.165) is 32.4 Å². The number of nitrogens with zero attached hydrogens (tertiary/aromatic N) is 1. The fraction of sp³-hybridized carbons (Fsp3) is 0.938. The number of carbonyl (C=O) groups excluding carboxylic acids is 1. The molecule has 0 aliphatic carbocycles. The van der Waals surface area contributed by atoms with E-state index in [0.29, 0.717) is 6.54 Å². The van der Waals surface area contributed by atoms with Gasteiger partial charge in [-0.1, -0.05) is 33.6 Å².